The third-order valence-electron chi connectivity index (χ3n) is 3.75. The molecule has 1 aliphatic heterocycles. The molecule has 2 rings (SSSR count). The molecule has 1 aromatic rings. The van der Waals surface area contributed by atoms with Crippen LogP contribution < -0.4 is 16.2 Å². The number of nitrogens with one attached hydrogen (secondary N) is 1. The van der Waals surface area contributed by atoms with E-state index in [0.717, 1.165) is 50.7 Å². The smallest absolute Gasteiger partial charge is 0.145 e. The van der Waals surface area contributed by atoms with Crippen LogP contribution in [0.3, 0.4) is 0 Å². The van der Waals surface area contributed by atoms with Crippen LogP contribution in [0.2, 0.25) is 0 Å². The van der Waals surface area contributed by atoms with Crippen molar-refractivity contribution in [1.29, 1.82) is 0 Å². The van der Waals surface area contributed by atoms with Crippen molar-refractivity contribution in [1.82, 2.24) is 14.9 Å². The predicted octanol–water partition coefficient (Wildman–Crippen LogP) is 1.25. The van der Waals surface area contributed by atoms with E-state index in [0.29, 0.717) is 11.9 Å². The Labute approximate surface area is 121 Å². The maximum atomic E-state index is 5.51. The van der Waals surface area contributed by atoms with Crippen LogP contribution in [0, 0.1) is 0 Å². The van der Waals surface area contributed by atoms with Gasteiger partial charge in [-0.3, -0.25) is 4.90 Å². The summed E-state index contributed by atoms with van der Waals surface area (Å²) in [5.74, 6) is 8.06. The second-order valence-electron chi connectivity index (χ2n) is 5.54. The van der Waals surface area contributed by atoms with E-state index in [9.17, 15) is 0 Å². The molecular weight excluding hydrogens is 252 g/mol. The molecule has 0 unspecified atom stereocenters. The van der Waals surface area contributed by atoms with Gasteiger partial charge in [-0.2, -0.15) is 0 Å². The Morgan fingerprint density at radius 1 is 1.25 bits per heavy atom. The van der Waals surface area contributed by atoms with Crippen molar-refractivity contribution in [3.63, 3.8) is 0 Å². The Bertz CT molecular complexity index is 426. The molecule has 1 aliphatic rings. The molecule has 0 aliphatic carbocycles. The van der Waals surface area contributed by atoms with Crippen molar-refractivity contribution in [3.8, 4) is 0 Å². The zero-order chi connectivity index (χ0) is 14.5. The van der Waals surface area contributed by atoms with Gasteiger partial charge in [0.25, 0.3) is 0 Å². The first kappa shape index (κ1) is 15.0. The molecule has 0 aromatic carbocycles. The summed E-state index contributed by atoms with van der Waals surface area (Å²) in [5.41, 5.74) is 2.64. The normalized spacial score (nSPS) is 16.8. The largest absolute Gasteiger partial charge is 0.354 e. The molecule has 1 saturated heterocycles. The summed E-state index contributed by atoms with van der Waals surface area (Å²) in [6, 6.07) is 2.55. The van der Waals surface area contributed by atoms with Gasteiger partial charge in [-0.25, -0.2) is 15.8 Å². The number of hydrazine groups is 1. The minimum atomic E-state index is 0.611. The van der Waals surface area contributed by atoms with Crippen LogP contribution in [0.5, 0.6) is 0 Å². The molecule has 112 valence electrons. The molecule has 2 heterocycles. The number of aryl methyl sites for hydroxylation is 1. The van der Waals surface area contributed by atoms with Crippen molar-refractivity contribution >= 4 is 11.6 Å². The van der Waals surface area contributed by atoms with Gasteiger partial charge in [0.15, 0.2) is 0 Å². The molecule has 0 saturated carbocycles. The van der Waals surface area contributed by atoms with Crippen LogP contribution in [0.15, 0.2) is 6.07 Å². The summed E-state index contributed by atoms with van der Waals surface area (Å²) in [6.07, 6.45) is 1.92. The van der Waals surface area contributed by atoms with Gasteiger partial charge in [-0.1, -0.05) is 6.92 Å². The summed E-state index contributed by atoms with van der Waals surface area (Å²) >= 11 is 0. The molecule has 1 fully saturated rings. The van der Waals surface area contributed by atoms with E-state index in [1.807, 2.05) is 6.07 Å². The van der Waals surface area contributed by atoms with Gasteiger partial charge in [0, 0.05) is 44.7 Å². The standard InChI is InChI=1S/C14H26N6/c1-4-5-12-16-13(18-15)10-14(17-12)20-8-6-19(7-9-20)11(2)3/h10-11H,4-9,15H2,1-3H3,(H,16,17,18). The molecule has 20 heavy (non-hydrogen) atoms. The highest BCUT2D eigenvalue weighted by atomic mass is 15.3. The number of nitrogens with zero attached hydrogens (tertiary/aromatic N) is 4. The predicted molar refractivity (Wildman–Crippen MR) is 82.8 cm³/mol. The number of hydrogen-bond donors (Lipinski definition) is 2. The van der Waals surface area contributed by atoms with Crippen molar-refractivity contribution in [2.75, 3.05) is 36.5 Å². The van der Waals surface area contributed by atoms with Gasteiger partial charge < -0.3 is 10.3 Å². The number of anilines is 2. The Hall–Kier alpha value is -1.40. The maximum absolute atomic E-state index is 5.51. The lowest BCUT2D eigenvalue weighted by atomic mass is 10.2. The van der Waals surface area contributed by atoms with Gasteiger partial charge in [0.1, 0.15) is 17.5 Å². The van der Waals surface area contributed by atoms with Gasteiger partial charge in [-0.05, 0) is 20.3 Å². The number of hydrogen-bond acceptors (Lipinski definition) is 6. The molecular formula is C14H26N6. The monoisotopic (exact) mass is 278 g/mol. The number of piperazine rings is 1. The number of aromatic nitrogens is 2. The maximum Gasteiger partial charge on any atom is 0.145 e. The number of nitrogens with two attached hydrogens (primary N) is 1. The zero-order valence-corrected chi connectivity index (χ0v) is 12.8. The number of nitrogen functional groups attached to an aromatic ring is 1. The first-order valence-electron chi connectivity index (χ1n) is 7.47. The Balaban J connectivity index is 2.10. The lowest BCUT2D eigenvalue weighted by Gasteiger charge is -2.37. The van der Waals surface area contributed by atoms with Crippen LogP contribution >= 0.6 is 0 Å². The second-order valence-corrected chi connectivity index (χ2v) is 5.54. The third-order valence-corrected chi connectivity index (χ3v) is 3.75. The fraction of sp³-hybridized carbons (Fsp3) is 0.714. The van der Waals surface area contributed by atoms with Crippen molar-refractivity contribution in [2.24, 2.45) is 5.84 Å². The van der Waals surface area contributed by atoms with E-state index in [4.69, 9.17) is 5.84 Å². The average molecular weight is 278 g/mol. The van der Waals surface area contributed by atoms with E-state index >= 15 is 0 Å². The van der Waals surface area contributed by atoms with E-state index in [-0.39, 0.29) is 0 Å². The van der Waals surface area contributed by atoms with Crippen LogP contribution in [0.4, 0.5) is 11.6 Å². The zero-order valence-electron chi connectivity index (χ0n) is 12.8. The van der Waals surface area contributed by atoms with Crippen molar-refractivity contribution in [3.05, 3.63) is 11.9 Å². The highest BCUT2D eigenvalue weighted by Gasteiger charge is 2.20. The molecule has 1 aromatic heterocycles. The average Bonchev–Trinajstić information content (AvgIpc) is 2.47. The van der Waals surface area contributed by atoms with Gasteiger partial charge in [-0.15, -0.1) is 0 Å². The summed E-state index contributed by atoms with van der Waals surface area (Å²) in [6.45, 7) is 10.8. The van der Waals surface area contributed by atoms with Crippen LogP contribution in [0.25, 0.3) is 0 Å². The first-order chi connectivity index (χ1) is 9.63. The molecule has 0 spiro atoms. The van der Waals surface area contributed by atoms with Gasteiger partial charge in [0.2, 0.25) is 0 Å². The Morgan fingerprint density at radius 2 is 1.95 bits per heavy atom. The fourth-order valence-electron chi connectivity index (χ4n) is 2.52. The van der Waals surface area contributed by atoms with E-state index < -0.39 is 0 Å². The Kier molecular flexibility index (Phi) is 5.14. The summed E-state index contributed by atoms with van der Waals surface area (Å²) in [5, 5.41) is 0. The Morgan fingerprint density at radius 3 is 2.50 bits per heavy atom. The minimum Gasteiger partial charge on any atom is -0.354 e. The molecule has 3 N–H and O–H groups in total. The quantitative estimate of drug-likeness (QED) is 0.624. The van der Waals surface area contributed by atoms with Crippen molar-refractivity contribution in [2.45, 2.75) is 39.7 Å². The molecule has 6 heteroatoms. The molecule has 6 nitrogen and oxygen atoms in total. The van der Waals surface area contributed by atoms with Gasteiger partial charge in [0.05, 0.1) is 0 Å². The number of rotatable bonds is 5. The van der Waals surface area contributed by atoms with Crippen molar-refractivity contribution < 1.29 is 0 Å². The van der Waals surface area contributed by atoms with E-state index in [1.54, 1.807) is 0 Å². The lowest BCUT2D eigenvalue weighted by Crippen LogP contribution is -2.49. The second kappa shape index (κ2) is 6.85. The minimum absolute atomic E-state index is 0.611. The molecule has 0 radical (unpaired) electrons. The fourth-order valence-corrected chi connectivity index (χ4v) is 2.52. The van der Waals surface area contributed by atoms with E-state index in [1.165, 1.54) is 0 Å². The molecule has 0 atom stereocenters. The first-order valence-corrected chi connectivity index (χ1v) is 7.47. The highest BCUT2D eigenvalue weighted by Crippen LogP contribution is 2.18. The summed E-state index contributed by atoms with van der Waals surface area (Å²) in [4.78, 5) is 13.9. The van der Waals surface area contributed by atoms with Crippen LogP contribution in [-0.4, -0.2) is 47.1 Å². The third kappa shape index (κ3) is 3.58. The summed E-state index contributed by atoms with van der Waals surface area (Å²) in [7, 11) is 0. The van der Waals surface area contributed by atoms with Gasteiger partial charge >= 0.3 is 0 Å². The summed E-state index contributed by atoms with van der Waals surface area (Å²) < 4.78 is 0. The molecule has 0 bridgehead atoms. The lowest BCUT2D eigenvalue weighted by molar-refractivity contribution is 0.209. The SMILES string of the molecule is CCCc1nc(NN)cc(N2CCN(C(C)C)CC2)n1. The highest BCUT2D eigenvalue weighted by molar-refractivity contribution is 5.49. The topological polar surface area (TPSA) is 70.3 Å². The van der Waals surface area contributed by atoms with Crippen LogP contribution in [0.1, 0.15) is 33.0 Å². The van der Waals surface area contributed by atoms with Crippen LogP contribution in [-0.2, 0) is 6.42 Å². The van der Waals surface area contributed by atoms with E-state index in [2.05, 4.69) is 46.0 Å². The molecule has 0 amide bonds.